The minimum atomic E-state index is 0.299. The van der Waals surface area contributed by atoms with Crippen molar-refractivity contribution in [3.05, 3.63) is 0 Å². The third-order valence-corrected chi connectivity index (χ3v) is 3.48. The van der Waals surface area contributed by atoms with E-state index in [1.807, 2.05) is 0 Å². The van der Waals surface area contributed by atoms with Crippen LogP contribution in [-0.4, -0.2) is 38.0 Å². The SMILES string of the molecule is CCCNC(CCC1CCCO1)C(C)OCC. The van der Waals surface area contributed by atoms with Crippen LogP contribution in [0.4, 0.5) is 0 Å². The van der Waals surface area contributed by atoms with E-state index in [2.05, 4.69) is 26.1 Å². The first kappa shape index (κ1) is 14.9. The smallest absolute Gasteiger partial charge is 0.0699 e. The fraction of sp³-hybridized carbons (Fsp3) is 1.00. The number of nitrogens with one attached hydrogen (secondary N) is 1. The zero-order valence-corrected chi connectivity index (χ0v) is 11.7. The fourth-order valence-corrected chi connectivity index (χ4v) is 2.45. The van der Waals surface area contributed by atoms with Crippen LogP contribution in [0.5, 0.6) is 0 Å². The highest BCUT2D eigenvalue weighted by molar-refractivity contribution is 4.76. The molecule has 102 valence electrons. The van der Waals surface area contributed by atoms with Gasteiger partial charge < -0.3 is 14.8 Å². The number of rotatable bonds is 9. The molecule has 0 saturated carbocycles. The quantitative estimate of drug-likeness (QED) is 0.675. The van der Waals surface area contributed by atoms with Gasteiger partial charge in [0.25, 0.3) is 0 Å². The van der Waals surface area contributed by atoms with Gasteiger partial charge >= 0.3 is 0 Å². The molecule has 0 bridgehead atoms. The van der Waals surface area contributed by atoms with Crippen molar-refractivity contribution in [3.63, 3.8) is 0 Å². The summed E-state index contributed by atoms with van der Waals surface area (Å²) in [4.78, 5) is 0. The van der Waals surface area contributed by atoms with Crippen molar-refractivity contribution in [2.24, 2.45) is 0 Å². The second kappa shape index (κ2) is 8.90. The van der Waals surface area contributed by atoms with Gasteiger partial charge in [0.1, 0.15) is 0 Å². The van der Waals surface area contributed by atoms with Crippen LogP contribution in [0.1, 0.15) is 52.9 Å². The van der Waals surface area contributed by atoms with Crippen molar-refractivity contribution < 1.29 is 9.47 Å². The van der Waals surface area contributed by atoms with Crippen LogP contribution >= 0.6 is 0 Å². The molecule has 1 N–H and O–H groups in total. The first-order valence-corrected chi connectivity index (χ1v) is 7.24. The Morgan fingerprint density at radius 1 is 1.41 bits per heavy atom. The Morgan fingerprint density at radius 3 is 2.82 bits per heavy atom. The maximum Gasteiger partial charge on any atom is 0.0699 e. The summed E-state index contributed by atoms with van der Waals surface area (Å²) in [6, 6.07) is 0.471. The lowest BCUT2D eigenvalue weighted by atomic mass is 10.0. The molecule has 0 aromatic heterocycles. The maximum atomic E-state index is 5.71. The Morgan fingerprint density at radius 2 is 2.24 bits per heavy atom. The van der Waals surface area contributed by atoms with Crippen molar-refractivity contribution in [1.82, 2.24) is 5.32 Å². The van der Waals surface area contributed by atoms with Crippen LogP contribution in [0, 0.1) is 0 Å². The molecule has 1 heterocycles. The second-order valence-electron chi connectivity index (χ2n) is 4.93. The molecule has 0 spiro atoms. The largest absolute Gasteiger partial charge is 0.378 e. The molecule has 0 radical (unpaired) electrons. The molecule has 0 aromatic carbocycles. The topological polar surface area (TPSA) is 30.5 Å². The average molecular weight is 243 g/mol. The van der Waals surface area contributed by atoms with Crippen LogP contribution in [0.3, 0.4) is 0 Å². The van der Waals surface area contributed by atoms with Crippen molar-refractivity contribution in [2.45, 2.75) is 71.1 Å². The van der Waals surface area contributed by atoms with Crippen molar-refractivity contribution in [3.8, 4) is 0 Å². The van der Waals surface area contributed by atoms with Gasteiger partial charge in [-0.2, -0.15) is 0 Å². The highest BCUT2D eigenvalue weighted by atomic mass is 16.5. The number of ether oxygens (including phenoxy) is 2. The van der Waals surface area contributed by atoms with E-state index in [0.717, 1.165) is 26.2 Å². The highest BCUT2D eigenvalue weighted by Gasteiger charge is 2.21. The van der Waals surface area contributed by atoms with E-state index >= 15 is 0 Å². The van der Waals surface area contributed by atoms with Gasteiger partial charge in [0, 0.05) is 19.3 Å². The molecule has 0 aliphatic carbocycles. The van der Waals surface area contributed by atoms with E-state index in [1.54, 1.807) is 0 Å². The molecule has 0 amide bonds. The molecule has 1 rings (SSSR count). The predicted octanol–water partition coefficient (Wildman–Crippen LogP) is 2.74. The second-order valence-corrected chi connectivity index (χ2v) is 4.93. The van der Waals surface area contributed by atoms with E-state index in [0.29, 0.717) is 18.2 Å². The summed E-state index contributed by atoms with van der Waals surface area (Å²) in [6.07, 6.45) is 6.77. The van der Waals surface area contributed by atoms with E-state index in [4.69, 9.17) is 9.47 Å². The monoisotopic (exact) mass is 243 g/mol. The zero-order valence-electron chi connectivity index (χ0n) is 11.7. The Hall–Kier alpha value is -0.120. The number of hydrogen-bond acceptors (Lipinski definition) is 3. The van der Waals surface area contributed by atoms with Gasteiger partial charge in [-0.05, 0) is 52.5 Å². The molecule has 1 fully saturated rings. The molecule has 3 atom stereocenters. The van der Waals surface area contributed by atoms with Gasteiger partial charge in [-0.1, -0.05) is 6.92 Å². The predicted molar refractivity (Wildman–Crippen MR) is 71.4 cm³/mol. The van der Waals surface area contributed by atoms with Crippen molar-refractivity contribution in [1.29, 1.82) is 0 Å². The number of hydrogen-bond donors (Lipinski definition) is 1. The molecule has 17 heavy (non-hydrogen) atoms. The minimum absolute atomic E-state index is 0.299. The Kier molecular flexibility index (Phi) is 7.82. The van der Waals surface area contributed by atoms with E-state index in [9.17, 15) is 0 Å². The first-order valence-electron chi connectivity index (χ1n) is 7.24. The molecule has 1 aliphatic heterocycles. The molecule has 1 saturated heterocycles. The third kappa shape index (κ3) is 5.84. The van der Waals surface area contributed by atoms with E-state index in [1.165, 1.54) is 25.7 Å². The Labute approximate surface area is 106 Å². The van der Waals surface area contributed by atoms with Gasteiger partial charge in [-0.15, -0.1) is 0 Å². The molecular formula is C14H29NO2. The maximum absolute atomic E-state index is 5.71. The van der Waals surface area contributed by atoms with Crippen LogP contribution < -0.4 is 5.32 Å². The lowest BCUT2D eigenvalue weighted by Crippen LogP contribution is -2.40. The molecule has 3 heteroatoms. The zero-order chi connectivity index (χ0) is 12.5. The van der Waals surface area contributed by atoms with Crippen LogP contribution in [-0.2, 0) is 9.47 Å². The summed E-state index contributed by atoms with van der Waals surface area (Å²) in [5.74, 6) is 0. The lowest BCUT2D eigenvalue weighted by molar-refractivity contribution is 0.0370. The lowest BCUT2D eigenvalue weighted by Gasteiger charge is -2.26. The highest BCUT2D eigenvalue weighted by Crippen LogP contribution is 2.19. The first-order chi connectivity index (χ1) is 8.27. The van der Waals surface area contributed by atoms with Crippen LogP contribution in [0.15, 0.2) is 0 Å². The fourth-order valence-electron chi connectivity index (χ4n) is 2.45. The van der Waals surface area contributed by atoms with Gasteiger partial charge in [-0.25, -0.2) is 0 Å². The van der Waals surface area contributed by atoms with Crippen molar-refractivity contribution in [2.75, 3.05) is 19.8 Å². The summed E-state index contributed by atoms with van der Waals surface area (Å²) in [7, 11) is 0. The summed E-state index contributed by atoms with van der Waals surface area (Å²) in [5, 5.41) is 3.60. The van der Waals surface area contributed by atoms with Gasteiger partial charge in [0.2, 0.25) is 0 Å². The van der Waals surface area contributed by atoms with Crippen LogP contribution in [0.25, 0.3) is 0 Å². The summed E-state index contributed by atoms with van der Waals surface area (Å²) < 4.78 is 11.4. The molecule has 0 aromatic rings. The third-order valence-electron chi connectivity index (χ3n) is 3.48. The van der Waals surface area contributed by atoms with Gasteiger partial charge in [0.15, 0.2) is 0 Å². The average Bonchev–Trinajstić information content (AvgIpc) is 2.82. The van der Waals surface area contributed by atoms with Gasteiger partial charge in [0.05, 0.1) is 12.2 Å². The standard InChI is InChI=1S/C14H29NO2/c1-4-10-15-14(12(3)16-5-2)9-8-13-7-6-11-17-13/h12-15H,4-11H2,1-3H3. The molecule has 3 nitrogen and oxygen atoms in total. The minimum Gasteiger partial charge on any atom is -0.378 e. The van der Waals surface area contributed by atoms with E-state index < -0.39 is 0 Å². The summed E-state index contributed by atoms with van der Waals surface area (Å²) in [5.41, 5.74) is 0. The molecular weight excluding hydrogens is 214 g/mol. The molecule has 1 aliphatic rings. The normalized spacial score (nSPS) is 23.8. The Bertz CT molecular complexity index is 181. The van der Waals surface area contributed by atoms with Crippen LogP contribution in [0.2, 0.25) is 0 Å². The summed E-state index contributed by atoms with van der Waals surface area (Å²) in [6.45, 7) is 9.27. The summed E-state index contributed by atoms with van der Waals surface area (Å²) >= 11 is 0. The van der Waals surface area contributed by atoms with E-state index in [-0.39, 0.29) is 0 Å². The van der Waals surface area contributed by atoms with Crippen molar-refractivity contribution >= 4 is 0 Å². The Balaban J connectivity index is 2.27. The van der Waals surface area contributed by atoms with Gasteiger partial charge in [-0.3, -0.25) is 0 Å². The molecule has 3 unspecified atom stereocenters.